The molecule has 0 radical (unpaired) electrons. The highest BCUT2D eigenvalue weighted by Gasteiger charge is 2.28. The number of carboxylic acids is 1. The minimum absolute atomic E-state index is 0.302. The smallest absolute Gasteiger partial charge is 0.336 e. The lowest BCUT2D eigenvalue weighted by atomic mass is 9.89. The van der Waals surface area contributed by atoms with E-state index in [9.17, 15) is 9.90 Å². The summed E-state index contributed by atoms with van der Waals surface area (Å²) in [5.74, 6) is -0.261. The average molecular weight is 284 g/mol. The number of rotatable bonds is 4. The highest BCUT2D eigenvalue weighted by atomic mass is 16.4. The SMILES string of the molecule is CC1(CNc2cc(C(=O)O)c3ccccc3n2)CCCC1. The second kappa shape index (κ2) is 5.35. The van der Waals surface area contributed by atoms with Gasteiger partial charge in [0.05, 0.1) is 11.1 Å². The molecule has 0 amide bonds. The highest BCUT2D eigenvalue weighted by molar-refractivity contribution is 6.03. The third-order valence-corrected chi connectivity index (χ3v) is 4.45. The number of aromatic carboxylic acids is 1. The van der Waals surface area contributed by atoms with Crippen LogP contribution >= 0.6 is 0 Å². The lowest BCUT2D eigenvalue weighted by Crippen LogP contribution is -2.23. The fraction of sp³-hybridized carbons (Fsp3) is 0.412. The van der Waals surface area contributed by atoms with Crippen LogP contribution in [0.15, 0.2) is 30.3 Å². The number of nitrogens with one attached hydrogen (secondary N) is 1. The summed E-state index contributed by atoms with van der Waals surface area (Å²) >= 11 is 0. The minimum atomic E-state index is -0.913. The quantitative estimate of drug-likeness (QED) is 0.893. The zero-order valence-electron chi connectivity index (χ0n) is 12.2. The molecule has 2 aromatic rings. The Balaban J connectivity index is 1.90. The second-order valence-electron chi connectivity index (χ2n) is 6.25. The number of carboxylic acid groups (broad SMARTS) is 1. The molecule has 1 heterocycles. The van der Waals surface area contributed by atoms with Crippen molar-refractivity contribution in [2.24, 2.45) is 5.41 Å². The Morgan fingerprint density at radius 3 is 2.76 bits per heavy atom. The zero-order valence-corrected chi connectivity index (χ0v) is 12.2. The maximum atomic E-state index is 11.4. The van der Waals surface area contributed by atoms with Crippen molar-refractivity contribution in [1.82, 2.24) is 4.98 Å². The Hall–Kier alpha value is -2.10. The number of fused-ring (bicyclic) bond motifs is 1. The van der Waals surface area contributed by atoms with Crippen LogP contribution in [0.3, 0.4) is 0 Å². The number of hydrogen-bond donors (Lipinski definition) is 2. The fourth-order valence-corrected chi connectivity index (χ4v) is 3.15. The Kier molecular flexibility index (Phi) is 3.53. The molecule has 1 fully saturated rings. The van der Waals surface area contributed by atoms with Gasteiger partial charge in [0.25, 0.3) is 0 Å². The number of pyridine rings is 1. The average Bonchev–Trinajstić information content (AvgIpc) is 2.91. The summed E-state index contributed by atoms with van der Waals surface area (Å²) in [5, 5.41) is 13.4. The van der Waals surface area contributed by atoms with Gasteiger partial charge in [-0.25, -0.2) is 9.78 Å². The molecule has 1 aliphatic rings. The van der Waals surface area contributed by atoms with Gasteiger partial charge in [0.1, 0.15) is 5.82 Å². The van der Waals surface area contributed by atoms with Crippen LogP contribution in [0, 0.1) is 5.41 Å². The molecule has 4 nitrogen and oxygen atoms in total. The number of nitrogens with zero attached hydrogens (tertiary/aromatic N) is 1. The molecular weight excluding hydrogens is 264 g/mol. The van der Waals surface area contributed by atoms with Gasteiger partial charge in [-0.05, 0) is 30.4 Å². The summed E-state index contributed by atoms with van der Waals surface area (Å²) in [5.41, 5.74) is 1.33. The molecule has 1 aromatic heterocycles. The number of para-hydroxylation sites is 1. The molecule has 110 valence electrons. The summed E-state index contributed by atoms with van der Waals surface area (Å²) in [7, 11) is 0. The van der Waals surface area contributed by atoms with E-state index < -0.39 is 5.97 Å². The van der Waals surface area contributed by atoms with Crippen LogP contribution in [-0.2, 0) is 0 Å². The minimum Gasteiger partial charge on any atom is -0.478 e. The van der Waals surface area contributed by atoms with Gasteiger partial charge < -0.3 is 10.4 Å². The van der Waals surface area contributed by atoms with E-state index in [1.54, 1.807) is 12.1 Å². The number of hydrogen-bond acceptors (Lipinski definition) is 3. The van der Waals surface area contributed by atoms with Crippen molar-refractivity contribution in [2.75, 3.05) is 11.9 Å². The molecule has 0 bridgehead atoms. The molecular formula is C17H20N2O2. The molecule has 0 unspecified atom stereocenters. The van der Waals surface area contributed by atoms with E-state index in [1.165, 1.54) is 25.7 Å². The lowest BCUT2D eigenvalue weighted by Gasteiger charge is -2.24. The summed E-state index contributed by atoms with van der Waals surface area (Å²) in [6, 6.07) is 9.01. The van der Waals surface area contributed by atoms with Gasteiger partial charge in [-0.2, -0.15) is 0 Å². The number of carbonyl (C=O) groups is 1. The maximum Gasteiger partial charge on any atom is 0.336 e. The van der Waals surface area contributed by atoms with Gasteiger partial charge in [-0.3, -0.25) is 0 Å². The van der Waals surface area contributed by atoms with Crippen molar-refractivity contribution >= 4 is 22.7 Å². The zero-order chi connectivity index (χ0) is 14.9. The van der Waals surface area contributed by atoms with Crippen LogP contribution in [-0.4, -0.2) is 22.6 Å². The topological polar surface area (TPSA) is 62.2 Å². The maximum absolute atomic E-state index is 11.4. The highest BCUT2D eigenvalue weighted by Crippen LogP contribution is 2.37. The molecule has 3 rings (SSSR count). The molecule has 1 aromatic carbocycles. The van der Waals surface area contributed by atoms with E-state index in [1.807, 2.05) is 18.2 Å². The van der Waals surface area contributed by atoms with E-state index in [0.29, 0.717) is 22.2 Å². The molecule has 2 N–H and O–H groups in total. The molecule has 21 heavy (non-hydrogen) atoms. The molecule has 0 aliphatic heterocycles. The van der Waals surface area contributed by atoms with Gasteiger partial charge >= 0.3 is 5.97 Å². The molecule has 1 saturated carbocycles. The molecule has 0 spiro atoms. The molecule has 0 atom stereocenters. The Bertz CT molecular complexity index is 676. The Labute approximate surface area is 124 Å². The summed E-state index contributed by atoms with van der Waals surface area (Å²) in [6.45, 7) is 3.13. The third-order valence-electron chi connectivity index (χ3n) is 4.45. The van der Waals surface area contributed by atoms with Gasteiger partial charge in [0.2, 0.25) is 0 Å². The van der Waals surface area contributed by atoms with Crippen LogP contribution in [0.5, 0.6) is 0 Å². The molecule has 1 aliphatic carbocycles. The number of benzene rings is 1. The molecule has 4 heteroatoms. The largest absolute Gasteiger partial charge is 0.478 e. The van der Waals surface area contributed by atoms with E-state index in [4.69, 9.17) is 0 Å². The van der Waals surface area contributed by atoms with Crippen molar-refractivity contribution in [3.63, 3.8) is 0 Å². The van der Waals surface area contributed by atoms with Crippen molar-refractivity contribution < 1.29 is 9.90 Å². The van der Waals surface area contributed by atoms with Gasteiger partial charge in [0.15, 0.2) is 0 Å². The monoisotopic (exact) mass is 284 g/mol. The predicted molar refractivity (Wildman–Crippen MR) is 83.8 cm³/mol. The molecule has 0 saturated heterocycles. The van der Waals surface area contributed by atoms with Crippen molar-refractivity contribution in [2.45, 2.75) is 32.6 Å². The van der Waals surface area contributed by atoms with Crippen LogP contribution < -0.4 is 5.32 Å². The Morgan fingerprint density at radius 2 is 2.05 bits per heavy atom. The third kappa shape index (κ3) is 2.84. The predicted octanol–water partition coefficient (Wildman–Crippen LogP) is 3.93. The van der Waals surface area contributed by atoms with Crippen LogP contribution in [0.4, 0.5) is 5.82 Å². The lowest BCUT2D eigenvalue weighted by molar-refractivity contribution is 0.0699. The van der Waals surface area contributed by atoms with E-state index in [-0.39, 0.29) is 0 Å². The van der Waals surface area contributed by atoms with E-state index in [2.05, 4.69) is 17.2 Å². The first-order valence-corrected chi connectivity index (χ1v) is 7.44. The summed E-state index contributed by atoms with van der Waals surface area (Å²) in [4.78, 5) is 16.0. The standard InChI is InChI=1S/C17H20N2O2/c1-17(8-4-5-9-17)11-18-15-10-13(16(20)21)12-6-2-3-7-14(12)19-15/h2-3,6-7,10H,4-5,8-9,11H2,1H3,(H,18,19)(H,20,21). The summed E-state index contributed by atoms with van der Waals surface area (Å²) in [6.07, 6.45) is 5.01. The fourth-order valence-electron chi connectivity index (χ4n) is 3.15. The second-order valence-corrected chi connectivity index (χ2v) is 6.25. The van der Waals surface area contributed by atoms with Crippen molar-refractivity contribution in [1.29, 1.82) is 0 Å². The first-order chi connectivity index (χ1) is 10.1. The number of anilines is 1. The Morgan fingerprint density at radius 1 is 1.33 bits per heavy atom. The van der Waals surface area contributed by atoms with Crippen LogP contribution in [0.25, 0.3) is 10.9 Å². The first-order valence-electron chi connectivity index (χ1n) is 7.44. The number of aromatic nitrogens is 1. The van der Waals surface area contributed by atoms with Crippen molar-refractivity contribution in [3.05, 3.63) is 35.9 Å². The van der Waals surface area contributed by atoms with Gasteiger partial charge in [-0.15, -0.1) is 0 Å². The van der Waals surface area contributed by atoms with Crippen molar-refractivity contribution in [3.8, 4) is 0 Å². The van der Waals surface area contributed by atoms with Gasteiger partial charge in [0, 0.05) is 11.9 Å². The summed E-state index contributed by atoms with van der Waals surface area (Å²) < 4.78 is 0. The first kappa shape index (κ1) is 13.9. The van der Waals surface area contributed by atoms with Crippen LogP contribution in [0.2, 0.25) is 0 Å². The normalized spacial score (nSPS) is 17.0. The van der Waals surface area contributed by atoms with Crippen LogP contribution in [0.1, 0.15) is 43.0 Å². The van der Waals surface area contributed by atoms with Gasteiger partial charge in [-0.1, -0.05) is 38.0 Å². The van der Waals surface area contributed by atoms with E-state index in [0.717, 1.165) is 12.1 Å². The van der Waals surface area contributed by atoms with E-state index >= 15 is 0 Å².